The molecule has 3 nitrogen and oxygen atoms in total. The smallest absolute Gasteiger partial charge is 0.128 e. The molecule has 0 aliphatic carbocycles. The average molecular weight is 274 g/mol. The zero-order chi connectivity index (χ0) is 14.4. The zero-order valence-electron chi connectivity index (χ0n) is 11.5. The van der Waals surface area contributed by atoms with Crippen LogP contribution in [0.3, 0.4) is 0 Å². The van der Waals surface area contributed by atoms with E-state index in [1.807, 2.05) is 30.3 Å². The van der Waals surface area contributed by atoms with Crippen LogP contribution in [0.5, 0.6) is 5.75 Å². The Kier molecular flexibility index (Phi) is 5.09. The molecular formula is C16H19FN2O. The van der Waals surface area contributed by atoms with Gasteiger partial charge in [0.1, 0.15) is 11.6 Å². The number of hydrogen-bond donors (Lipinski definition) is 2. The molecule has 1 unspecified atom stereocenters. The van der Waals surface area contributed by atoms with Crippen LogP contribution < -0.4 is 16.0 Å². The van der Waals surface area contributed by atoms with E-state index in [0.29, 0.717) is 5.56 Å². The van der Waals surface area contributed by atoms with Gasteiger partial charge in [0.05, 0.1) is 7.11 Å². The lowest BCUT2D eigenvalue weighted by Gasteiger charge is -2.17. The summed E-state index contributed by atoms with van der Waals surface area (Å²) in [5, 5.41) is 0. The molecule has 1 atom stereocenters. The Morgan fingerprint density at radius 1 is 1.15 bits per heavy atom. The lowest BCUT2D eigenvalue weighted by Crippen LogP contribution is -2.29. The molecule has 0 aliphatic rings. The number of hydrogen-bond acceptors (Lipinski definition) is 3. The van der Waals surface area contributed by atoms with Crippen molar-refractivity contribution in [2.45, 2.75) is 18.9 Å². The van der Waals surface area contributed by atoms with Gasteiger partial charge in [-0.25, -0.2) is 4.39 Å². The molecule has 0 heterocycles. The number of nitrogens with one attached hydrogen (secondary N) is 1. The van der Waals surface area contributed by atoms with E-state index in [4.69, 9.17) is 10.6 Å². The van der Waals surface area contributed by atoms with Crippen molar-refractivity contribution in [3.05, 3.63) is 65.5 Å². The predicted octanol–water partition coefficient (Wildman–Crippen LogP) is 2.97. The van der Waals surface area contributed by atoms with Gasteiger partial charge in [0.15, 0.2) is 0 Å². The van der Waals surface area contributed by atoms with Gasteiger partial charge in [0.2, 0.25) is 0 Å². The summed E-state index contributed by atoms with van der Waals surface area (Å²) in [6, 6.07) is 14.4. The lowest BCUT2D eigenvalue weighted by molar-refractivity contribution is 0.414. The van der Waals surface area contributed by atoms with Crippen LogP contribution in [0.2, 0.25) is 0 Å². The van der Waals surface area contributed by atoms with Crippen molar-refractivity contribution in [2.75, 3.05) is 7.11 Å². The van der Waals surface area contributed by atoms with Gasteiger partial charge in [-0.3, -0.25) is 11.3 Å². The Bertz CT molecular complexity index is 542. The molecule has 0 saturated carbocycles. The van der Waals surface area contributed by atoms with Crippen LogP contribution in [0.15, 0.2) is 48.5 Å². The maximum atomic E-state index is 13.7. The standard InChI is InChI=1S/C16H19FN2O/c1-20-13-9-6-12(7-10-13)8-11-16(19-18)14-4-2-3-5-15(14)17/h2-7,9-10,16,19H,8,11,18H2,1H3. The fraction of sp³-hybridized carbons (Fsp3) is 0.250. The van der Waals surface area contributed by atoms with Gasteiger partial charge in [-0.15, -0.1) is 0 Å². The number of rotatable bonds is 6. The number of ether oxygens (including phenoxy) is 1. The number of halogens is 1. The van der Waals surface area contributed by atoms with Crippen LogP contribution in [0.1, 0.15) is 23.6 Å². The molecule has 2 aromatic carbocycles. The third-order valence-electron chi connectivity index (χ3n) is 3.36. The van der Waals surface area contributed by atoms with E-state index in [1.54, 1.807) is 19.2 Å². The first-order chi connectivity index (χ1) is 9.74. The van der Waals surface area contributed by atoms with Gasteiger partial charge >= 0.3 is 0 Å². The highest BCUT2D eigenvalue weighted by Gasteiger charge is 2.13. The summed E-state index contributed by atoms with van der Waals surface area (Å²) in [7, 11) is 1.64. The Morgan fingerprint density at radius 3 is 2.45 bits per heavy atom. The Labute approximate surface area is 118 Å². The maximum Gasteiger partial charge on any atom is 0.128 e. The van der Waals surface area contributed by atoms with Crippen LogP contribution >= 0.6 is 0 Å². The normalized spacial score (nSPS) is 12.2. The second kappa shape index (κ2) is 7.03. The molecule has 0 radical (unpaired) electrons. The predicted molar refractivity (Wildman–Crippen MR) is 77.8 cm³/mol. The van der Waals surface area contributed by atoms with Crippen LogP contribution in [0.25, 0.3) is 0 Å². The van der Waals surface area contributed by atoms with E-state index in [0.717, 1.165) is 18.6 Å². The second-order valence-corrected chi connectivity index (χ2v) is 4.63. The summed E-state index contributed by atoms with van der Waals surface area (Å²) < 4.78 is 18.9. The molecule has 0 spiro atoms. The summed E-state index contributed by atoms with van der Waals surface area (Å²) in [6.45, 7) is 0. The van der Waals surface area contributed by atoms with Crippen molar-refractivity contribution in [1.29, 1.82) is 0 Å². The van der Waals surface area contributed by atoms with Crippen LogP contribution in [-0.4, -0.2) is 7.11 Å². The highest BCUT2D eigenvalue weighted by atomic mass is 19.1. The molecule has 20 heavy (non-hydrogen) atoms. The molecule has 0 saturated heterocycles. The van der Waals surface area contributed by atoms with Crippen LogP contribution in [0.4, 0.5) is 4.39 Å². The monoisotopic (exact) mass is 274 g/mol. The number of benzene rings is 2. The highest BCUT2D eigenvalue weighted by molar-refractivity contribution is 5.28. The van der Waals surface area contributed by atoms with E-state index in [2.05, 4.69) is 5.43 Å². The van der Waals surface area contributed by atoms with Gasteiger partial charge < -0.3 is 4.74 Å². The molecular weight excluding hydrogens is 255 g/mol. The molecule has 3 N–H and O–H groups in total. The van der Waals surface area contributed by atoms with Gasteiger partial charge in [0.25, 0.3) is 0 Å². The van der Waals surface area contributed by atoms with E-state index < -0.39 is 0 Å². The number of methoxy groups -OCH3 is 1. The van der Waals surface area contributed by atoms with Crippen molar-refractivity contribution >= 4 is 0 Å². The largest absolute Gasteiger partial charge is 0.497 e. The Balaban J connectivity index is 2.02. The molecule has 2 rings (SSSR count). The minimum absolute atomic E-state index is 0.196. The SMILES string of the molecule is COc1ccc(CCC(NN)c2ccccc2F)cc1. The number of aryl methyl sites for hydroxylation is 1. The topological polar surface area (TPSA) is 47.3 Å². The molecule has 2 aromatic rings. The average Bonchev–Trinajstić information content (AvgIpc) is 2.50. The fourth-order valence-corrected chi connectivity index (χ4v) is 2.19. The summed E-state index contributed by atoms with van der Waals surface area (Å²) in [5.74, 6) is 6.15. The molecule has 0 aliphatic heterocycles. The van der Waals surface area contributed by atoms with Crippen molar-refractivity contribution in [3.63, 3.8) is 0 Å². The number of nitrogens with two attached hydrogens (primary N) is 1. The van der Waals surface area contributed by atoms with E-state index in [1.165, 1.54) is 11.6 Å². The van der Waals surface area contributed by atoms with E-state index >= 15 is 0 Å². The molecule has 4 heteroatoms. The van der Waals surface area contributed by atoms with Crippen molar-refractivity contribution < 1.29 is 9.13 Å². The first-order valence-electron chi connectivity index (χ1n) is 6.58. The van der Waals surface area contributed by atoms with E-state index in [9.17, 15) is 4.39 Å². The molecule has 106 valence electrons. The molecule has 0 fully saturated rings. The maximum absolute atomic E-state index is 13.7. The molecule has 0 aromatic heterocycles. The summed E-state index contributed by atoms with van der Waals surface area (Å²) in [5.41, 5.74) is 4.46. The van der Waals surface area contributed by atoms with Crippen LogP contribution in [-0.2, 0) is 6.42 Å². The van der Waals surface area contributed by atoms with Gasteiger partial charge in [-0.1, -0.05) is 30.3 Å². The van der Waals surface area contributed by atoms with Crippen LogP contribution in [0, 0.1) is 5.82 Å². The van der Waals surface area contributed by atoms with Gasteiger partial charge in [-0.05, 0) is 36.6 Å². The highest BCUT2D eigenvalue weighted by Crippen LogP contribution is 2.22. The first-order valence-corrected chi connectivity index (χ1v) is 6.58. The lowest BCUT2D eigenvalue weighted by atomic mass is 9.99. The quantitative estimate of drug-likeness (QED) is 0.629. The Hall–Kier alpha value is -1.91. The number of hydrazine groups is 1. The van der Waals surface area contributed by atoms with Gasteiger partial charge in [-0.2, -0.15) is 0 Å². The van der Waals surface area contributed by atoms with Gasteiger partial charge in [0, 0.05) is 11.6 Å². The molecule has 0 bridgehead atoms. The third-order valence-corrected chi connectivity index (χ3v) is 3.36. The zero-order valence-corrected chi connectivity index (χ0v) is 11.5. The van der Waals surface area contributed by atoms with Crippen molar-refractivity contribution in [1.82, 2.24) is 5.43 Å². The van der Waals surface area contributed by atoms with Crippen molar-refractivity contribution in [2.24, 2.45) is 5.84 Å². The van der Waals surface area contributed by atoms with Crippen molar-refractivity contribution in [3.8, 4) is 5.75 Å². The third kappa shape index (κ3) is 3.56. The first kappa shape index (κ1) is 14.5. The summed E-state index contributed by atoms with van der Waals surface area (Å²) >= 11 is 0. The van der Waals surface area contributed by atoms with E-state index in [-0.39, 0.29) is 11.9 Å². The Morgan fingerprint density at radius 2 is 1.85 bits per heavy atom. The minimum atomic E-state index is -0.231. The molecule has 0 amide bonds. The second-order valence-electron chi connectivity index (χ2n) is 4.63. The summed E-state index contributed by atoms with van der Waals surface area (Å²) in [4.78, 5) is 0. The minimum Gasteiger partial charge on any atom is -0.497 e. The summed E-state index contributed by atoms with van der Waals surface area (Å²) in [6.07, 6.45) is 1.54. The fourth-order valence-electron chi connectivity index (χ4n) is 2.19.